The highest BCUT2D eigenvalue weighted by Crippen LogP contribution is 2.26. The van der Waals surface area contributed by atoms with E-state index >= 15 is 0 Å². The summed E-state index contributed by atoms with van der Waals surface area (Å²) in [5.41, 5.74) is 0.301. The van der Waals surface area contributed by atoms with Crippen LogP contribution in [0.15, 0.2) is 11.4 Å². The molecule has 0 saturated heterocycles. The first kappa shape index (κ1) is 12.2. The third-order valence-corrected chi connectivity index (χ3v) is 3.40. The molecule has 0 aliphatic carbocycles. The summed E-state index contributed by atoms with van der Waals surface area (Å²) in [5, 5.41) is 12.4. The predicted octanol–water partition coefficient (Wildman–Crippen LogP) is 4.17. The molecule has 0 bridgehead atoms. The van der Waals surface area contributed by atoms with Gasteiger partial charge in [-0.05, 0) is 18.2 Å². The first-order chi connectivity index (χ1) is 7.25. The molecule has 0 radical (unpaired) electrons. The van der Waals surface area contributed by atoms with Gasteiger partial charge in [0.15, 0.2) is 0 Å². The minimum atomic E-state index is -0.280. The van der Waals surface area contributed by atoms with Crippen LogP contribution in [0.3, 0.4) is 0 Å². The first-order valence-electron chi connectivity index (χ1n) is 5.46. The zero-order valence-electron chi connectivity index (χ0n) is 9.07. The normalized spacial score (nSPS) is 10.5. The van der Waals surface area contributed by atoms with Gasteiger partial charge in [0.05, 0.1) is 9.80 Å². The van der Waals surface area contributed by atoms with Crippen molar-refractivity contribution in [3.8, 4) is 0 Å². The smallest absolute Gasteiger partial charge is 0.258 e. The van der Waals surface area contributed by atoms with Crippen LogP contribution in [-0.4, -0.2) is 4.92 Å². The Morgan fingerprint density at radius 3 is 2.73 bits per heavy atom. The summed E-state index contributed by atoms with van der Waals surface area (Å²) in [4.78, 5) is 11.3. The van der Waals surface area contributed by atoms with Crippen LogP contribution in [0.4, 0.5) is 5.69 Å². The van der Waals surface area contributed by atoms with Gasteiger partial charge in [-0.2, -0.15) is 0 Å². The highest BCUT2D eigenvalue weighted by atomic mass is 32.1. The maximum absolute atomic E-state index is 10.6. The van der Waals surface area contributed by atoms with Gasteiger partial charge in [-0.1, -0.05) is 32.6 Å². The lowest BCUT2D eigenvalue weighted by Crippen LogP contribution is -1.91. The van der Waals surface area contributed by atoms with Gasteiger partial charge in [-0.3, -0.25) is 10.1 Å². The van der Waals surface area contributed by atoms with E-state index < -0.39 is 0 Å². The van der Waals surface area contributed by atoms with Crippen molar-refractivity contribution < 1.29 is 4.92 Å². The van der Waals surface area contributed by atoms with E-state index in [1.165, 1.54) is 37.0 Å². The second-order valence-corrected chi connectivity index (χ2v) is 4.65. The van der Waals surface area contributed by atoms with Gasteiger partial charge < -0.3 is 0 Å². The average molecular weight is 227 g/mol. The van der Waals surface area contributed by atoms with E-state index in [1.807, 2.05) is 0 Å². The fourth-order valence-corrected chi connectivity index (χ4v) is 2.46. The van der Waals surface area contributed by atoms with Crippen LogP contribution in [0.2, 0.25) is 0 Å². The Balaban J connectivity index is 2.31. The van der Waals surface area contributed by atoms with E-state index in [0.717, 1.165) is 17.7 Å². The second kappa shape index (κ2) is 6.56. The standard InChI is InChI=1S/C11H17NO2S/c1-2-3-4-5-6-7-11-10(12(13)14)8-9-15-11/h8-9H,2-7H2,1H3. The molecular weight excluding hydrogens is 210 g/mol. The van der Waals surface area contributed by atoms with Crippen molar-refractivity contribution in [2.75, 3.05) is 0 Å². The number of nitro groups is 1. The first-order valence-corrected chi connectivity index (χ1v) is 6.34. The summed E-state index contributed by atoms with van der Waals surface area (Å²) >= 11 is 1.50. The maximum Gasteiger partial charge on any atom is 0.283 e. The van der Waals surface area contributed by atoms with Gasteiger partial charge in [0.25, 0.3) is 5.69 Å². The van der Waals surface area contributed by atoms with Gasteiger partial charge in [0, 0.05) is 6.07 Å². The lowest BCUT2D eigenvalue weighted by atomic mass is 10.1. The Morgan fingerprint density at radius 2 is 2.07 bits per heavy atom. The number of thiophene rings is 1. The molecule has 0 aromatic carbocycles. The molecule has 0 N–H and O–H groups in total. The largest absolute Gasteiger partial charge is 0.283 e. The molecule has 0 spiro atoms. The number of hydrogen-bond acceptors (Lipinski definition) is 3. The summed E-state index contributed by atoms with van der Waals surface area (Å²) in [6.07, 6.45) is 6.86. The molecule has 1 aromatic rings. The van der Waals surface area contributed by atoms with Crippen LogP contribution in [-0.2, 0) is 6.42 Å². The monoisotopic (exact) mass is 227 g/mol. The van der Waals surface area contributed by atoms with Crippen molar-refractivity contribution in [3.05, 3.63) is 26.4 Å². The molecule has 84 valence electrons. The van der Waals surface area contributed by atoms with E-state index in [-0.39, 0.29) is 4.92 Å². The molecule has 1 aromatic heterocycles. The maximum atomic E-state index is 10.6. The SMILES string of the molecule is CCCCCCCc1sccc1[N+](=O)[O-]. The lowest BCUT2D eigenvalue weighted by molar-refractivity contribution is -0.385. The van der Waals surface area contributed by atoms with Crippen LogP contribution in [0.25, 0.3) is 0 Å². The molecule has 3 nitrogen and oxygen atoms in total. The van der Waals surface area contributed by atoms with E-state index in [2.05, 4.69) is 6.92 Å². The molecule has 0 saturated carbocycles. The van der Waals surface area contributed by atoms with Crippen molar-refractivity contribution in [1.29, 1.82) is 0 Å². The van der Waals surface area contributed by atoms with Gasteiger partial charge in [0.1, 0.15) is 0 Å². The number of nitrogens with zero attached hydrogens (tertiary/aromatic N) is 1. The van der Waals surface area contributed by atoms with Crippen molar-refractivity contribution in [1.82, 2.24) is 0 Å². The summed E-state index contributed by atoms with van der Waals surface area (Å²) in [7, 11) is 0. The molecule has 0 unspecified atom stereocenters. The van der Waals surface area contributed by atoms with Crippen molar-refractivity contribution in [2.45, 2.75) is 45.4 Å². The van der Waals surface area contributed by atoms with Crippen LogP contribution in [0.1, 0.15) is 43.9 Å². The third kappa shape index (κ3) is 4.00. The Bertz CT molecular complexity index is 309. The average Bonchev–Trinajstić information content (AvgIpc) is 2.66. The fourth-order valence-electron chi connectivity index (χ4n) is 1.57. The summed E-state index contributed by atoms with van der Waals surface area (Å²) in [6.45, 7) is 2.18. The molecule has 0 amide bonds. The quantitative estimate of drug-likeness (QED) is 0.398. The highest BCUT2D eigenvalue weighted by Gasteiger charge is 2.13. The Labute approximate surface area is 94.3 Å². The number of aryl methyl sites for hydroxylation is 1. The number of hydrogen-bond donors (Lipinski definition) is 0. The zero-order valence-corrected chi connectivity index (χ0v) is 9.89. The van der Waals surface area contributed by atoms with Crippen molar-refractivity contribution >= 4 is 17.0 Å². The highest BCUT2D eigenvalue weighted by molar-refractivity contribution is 7.10. The van der Waals surface area contributed by atoms with Gasteiger partial charge >= 0.3 is 0 Å². The van der Waals surface area contributed by atoms with Crippen LogP contribution in [0, 0.1) is 10.1 Å². The van der Waals surface area contributed by atoms with Crippen molar-refractivity contribution in [3.63, 3.8) is 0 Å². The molecule has 0 aliphatic heterocycles. The predicted molar refractivity (Wildman–Crippen MR) is 63.4 cm³/mol. The Kier molecular flexibility index (Phi) is 5.32. The summed E-state index contributed by atoms with van der Waals surface area (Å²) < 4.78 is 0. The van der Waals surface area contributed by atoms with Gasteiger partial charge in [0.2, 0.25) is 0 Å². The van der Waals surface area contributed by atoms with Gasteiger partial charge in [-0.25, -0.2) is 0 Å². The van der Waals surface area contributed by atoms with Gasteiger partial charge in [-0.15, -0.1) is 11.3 Å². The second-order valence-electron chi connectivity index (χ2n) is 3.65. The topological polar surface area (TPSA) is 43.1 Å². The summed E-state index contributed by atoms with van der Waals surface area (Å²) in [5.74, 6) is 0. The lowest BCUT2D eigenvalue weighted by Gasteiger charge is -1.98. The molecule has 0 fully saturated rings. The fraction of sp³-hybridized carbons (Fsp3) is 0.636. The minimum absolute atomic E-state index is 0.280. The molecule has 15 heavy (non-hydrogen) atoms. The molecule has 0 aliphatic rings. The van der Waals surface area contributed by atoms with Crippen molar-refractivity contribution in [2.24, 2.45) is 0 Å². The van der Waals surface area contributed by atoms with E-state index in [0.29, 0.717) is 5.69 Å². The number of unbranched alkanes of at least 4 members (excludes halogenated alkanes) is 4. The van der Waals surface area contributed by atoms with E-state index in [1.54, 1.807) is 11.4 Å². The third-order valence-electron chi connectivity index (χ3n) is 2.43. The molecule has 1 rings (SSSR count). The number of rotatable bonds is 7. The van der Waals surface area contributed by atoms with E-state index in [9.17, 15) is 10.1 Å². The van der Waals surface area contributed by atoms with Crippen LogP contribution in [0.5, 0.6) is 0 Å². The Morgan fingerprint density at radius 1 is 1.33 bits per heavy atom. The van der Waals surface area contributed by atoms with Crippen LogP contribution < -0.4 is 0 Å². The molecule has 1 heterocycles. The zero-order chi connectivity index (χ0) is 11.1. The summed E-state index contributed by atoms with van der Waals surface area (Å²) in [6, 6.07) is 1.60. The minimum Gasteiger partial charge on any atom is -0.258 e. The molecular formula is C11H17NO2S. The van der Waals surface area contributed by atoms with Crippen LogP contribution >= 0.6 is 11.3 Å². The van der Waals surface area contributed by atoms with E-state index in [4.69, 9.17) is 0 Å². The Hall–Kier alpha value is -0.900. The molecule has 4 heteroatoms. The molecule has 0 atom stereocenters.